The zero-order valence-electron chi connectivity index (χ0n) is 9.93. The van der Waals surface area contributed by atoms with Gasteiger partial charge < -0.3 is 10.2 Å². The van der Waals surface area contributed by atoms with Gasteiger partial charge in [0, 0.05) is 5.56 Å². The van der Waals surface area contributed by atoms with Gasteiger partial charge in [-0.15, -0.1) is 5.10 Å². The third kappa shape index (κ3) is 2.56. The molecule has 0 radical (unpaired) electrons. The molecule has 0 saturated heterocycles. The molecule has 8 heteroatoms. The molecule has 2 aromatic rings. The van der Waals surface area contributed by atoms with Gasteiger partial charge in [0.15, 0.2) is 11.9 Å². The smallest absolute Gasteiger partial charge is 0.331 e. The standard InChI is InChI=1S/C11H11ClN4O3/c1-6(17)9(11(18)19)16-10(13-14-15-16)7-4-2-3-5-8(7)12/h2-6,9,17H,1H3,(H,18,19). The minimum atomic E-state index is -1.28. The first-order valence-corrected chi connectivity index (χ1v) is 5.83. The molecule has 1 aromatic carbocycles. The third-order valence-corrected chi connectivity index (χ3v) is 2.91. The van der Waals surface area contributed by atoms with Crippen LogP contribution in [0.3, 0.4) is 0 Å². The number of aromatic nitrogens is 4. The molecule has 0 saturated carbocycles. The summed E-state index contributed by atoms with van der Waals surface area (Å²) in [5.74, 6) is -1.03. The van der Waals surface area contributed by atoms with E-state index in [1.807, 2.05) is 0 Å². The molecule has 100 valence electrons. The second-order valence-electron chi connectivity index (χ2n) is 3.95. The number of hydrogen-bond donors (Lipinski definition) is 2. The first kappa shape index (κ1) is 13.4. The Morgan fingerprint density at radius 2 is 2.11 bits per heavy atom. The summed E-state index contributed by atoms with van der Waals surface area (Å²) < 4.78 is 1.05. The Balaban J connectivity index is 2.54. The van der Waals surface area contributed by atoms with Crippen molar-refractivity contribution < 1.29 is 15.0 Å². The van der Waals surface area contributed by atoms with Gasteiger partial charge in [-0.05, 0) is 29.5 Å². The lowest BCUT2D eigenvalue weighted by atomic mass is 10.1. The number of aliphatic carboxylic acids is 1. The number of carboxylic acids is 1. The maximum atomic E-state index is 11.2. The van der Waals surface area contributed by atoms with Crippen molar-refractivity contribution in [2.75, 3.05) is 0 Å². The van der Waals surface area contributed by atoms with Crippen LogP contribution in [0.25, 0.3) is 11.4 Å². The quantitative estimate of drug-likeness (QED) is 0.867. The molecular weight excluding hydrogens is 272 g/mol. The highest BCUT2D eigenvalue weighted by Gasteiger charge is 2.30. The molecule has 2 unspecified atom stereocenters. The number of aliphatic hydroxyl groups is 1. The number of aliphatic hydroxyl groups excluding tert-OH is 1. The largest absolute Gasteiger partial charge is 0.480 e. The number of rotatable bonds is 4. The van der Waals surface area contributed by atoms with E-state index in [1.165, 1.54) is 6.92 Å². The number of carbonyl (C=O) groups is 1. The molecule has 0 amide bonds. The molecule has 19 heavy (non-hydrogen) atoms. The Morgan fingerprint density at radius 1 is 1.42 bits per heavy atom. The van der Waals surface area contributed by atoms with Crippen LogP contribution in [0.1, 0.15) is 13.0 Å². The van der Waals surface area contributed by atoms with Crippen molar-refractivity contribution in [3.63, 3.8) is 0 Å². The predicted octanol–water partition coefficient (Wildman–Crippen LogP) is 1.000. The Hall–Kier alpha value is -1.99. The van der Waals surface area contributed by atoms with Crippen LogP contribution in [0.5, 0.6) is 0 Å². The minimum Gasteiger partial charge on any atom is -0.480 e. The van der Waals surface area contributed by atoms with Crippen LogP contribution in [0.15, 0.2) is 24.3 Å². The summed E-state index contributed by atoms with van der Waals surface area (Å²) >= 11 is 6.03. The molecule has 7 nitrogen and oxygen atoms in total. The summed E-state index contributed by atoms with van der Waals surface area (Å²) in [4.78, 5) is 11.2. The van der Waals surface area contributed by atoms with Crippen LogP contribution in [-0.4, -0.2) is 42.5 Å². The molecule has 1 aromatic heterocycles. The highest BCUT2D eigenvalue weighted by Crippen LogP contribution is 2.27. The lowest BCUT2D eigenvalue weighted by Crippen LogP contribution is -2.30. The maximum Gasteiger partial charge on any atom is 0.331 e. The third-order valence-electron chi connectivity index (χ3n) is 2.58. The number of hydrogen-bond acceptors (Lipinski definition) is 5. The Bertz CT molecular complexity index is 599. The second kappa shape index (κ2) is 5.33. The van der Waals surface area contributed by atoms with Crippen LogP contribution in [-0.2, 0) is 4.79 Å². The maximum absolute atomic E-state index is 11.2. The zero-order valence-corrected chi connectivity index (χ0v) is 10.7. The molecule has 0 spiro atoms. The first-order chi connectivity index (χ1) is 9.02. The summed E-state index contributed by atoms with van der Waals surface area (Å²) in [6.07, 6.45) is -1.15. The monoisotopic (exact) mass is 282 g/mol. The fourth-order valence-electron chi connectivity index (χ4n) is 1.72. The van der Waals surface area contributed by atoms with E-state index < -0.39 is 18.1 Å². The van der Waals surface area contributed by atoms with Gasteiger partial charge in [0.25, 0.3) is 0 Å². The average molecular weight is 283 g/mol. The molecule has 0 fully saturated rings. The Morgan fingerprint density at radius 3 is 2.68 bits per heavy atom. The molecule has 1 heterocycles. The van der Waals surface area contributed by atoms with Gasteiger partial charge in [0.05, 0.1) is 11.1 Å². The molecule has 0 bridgehead atoms. The lowest BCUT2D eigenvalue weighted by molar-refractivity contribution is -0.144. The van der Waals surface area contributed by atoms with Gasteiger partial charge in [0.2, 0.25) is 0 Å². The summed E-state index contributed by atoms with van der Waals surface area (Å²) in [6.45, 7) is 1.36. The average Bonchev–Trinajstić information content (AvgIpc) is 2.77. The SMILES string of the molecule is CC(O)C(C(=O)O)n1nnnc1-c1ccccc1Cl. The lowest BCUT2D eigenvalue weighted by Gasteiger charge is -2.16. The number of tetrazole rings is 1. The van der Waals surface area contributed by atoms with E-state index in [1.54, 1.807) is 24.3 Å². The van der Waals surface area contributed by atoms with Gasteiger partial charge >= 0.3 is 5.97 Å². The van der Waals surface area contributed by atoms with E-state index in [0.29, 0.717) is 10.6 Å². The van der Waals surface area contributed by atoms with Crippen LogP contribution < -0.4 is 0 Å². The highest BCUT2D eigenvalue weighted by atomic mass is 35.5. The second-order valence-corrected chi connectivity index (χ2v) is 4.36. The molecular formula is C11H11ClN4O3. The number of carboxylic acid groups (broad SMARTS) is 1. The van der Waals surface area contributed by atoms with Crippen molar-refractivity contribution in [2.24, 2.45) is 0 Å². The summed E-state index contributed by atoms with van der Waals surface area (Å²) in [5, 5.41) is 30.0. The van der Waals surface area contributed by atoms with E-state index in [4.69, 9.17) is 16.7 Å². The van der Waals surface area contributed by atoms with Crippen molar-refractivity contribution >= 4 is 17.6 Å². The predicted molar refractivity (Wildman–Crippen MR) is 66.6 cm³/mol. The van der Waals surface area contributed by atoms with Crippen molar-refractivity contribution in [1.29, 1.82) is 0 Å². The van der Waals surface area contributed by atoms with Crippen LogP contribution in [0, 0.1) is 0 Å². The van der Waals surface area contributed by atoms with E-state index in [9.17, 15) is 9.90 Å². The van der Waals surface area contributed by atoms with Crippen LogP contribution in [0.2, 0.25) is 5.02 Å². The van der Waals surface area contributed by atoms with Crippen LogP contribution >= 0.6 is 11.6 Å². The fraction of sp³-hybridized carbons (Fsp3) is 0.273. The van der Waals surface area contributed by atoms with Gasteiger partial charge in [-0.1, -0.05) is 23.7 Å². The molecule has 0 aliphatic carbocycles. The summed E-state index contributed by atoms with van der Waals surface area (Å²) in [7, 11) is 0. The first-order valence-electron chi connectivity index (χ1n) is 5.46. The van der Waals surface area contributed by atoms with Crippen molar-refractivity contribution in [3.8, 4) is 11.4 Å². The van der Waals surface area contributed by atoms with E-state index in [0.717, 1.165) is 4.68 Å². The fourth-order valence-corrected chi connectivity index (χ4v) is 1.94. The topological polar surface area (TPSA) is 101 Å². The van der Waals surface area contributed by atoms with Crippen molar-refractivity contribution in [2.45, 2.75) is 19.1 Å². The summed E-state index contributed by atoms with van der Waals surface area (Å²) in [6, 6.07) is 5.52. The molecule has 0 aliphatic rings. The van der Waals surface area contributed by atoms with Crippen molar-refractivity contribution in [3.05, 3.63) is 29.3 Å². The normalized spacial score (nSPS) is 14.1. The van der Waals surface area contributed by atoms with Gasteiger partial charge in [-0.25, -0.2) is 9.48 Å². The number of nitrogens with zero attached hydrogens (tertiary/aromatic N) is 4. The van der Waals surface area contributed by atoms with Crippen molar-refractivity contribution in [1.82, 2.24) is 20.2 Å². The van der Waals surface area contributed by atoms with Gasteiger partial charge in [0.1, 0.15) is 0 Å². The number of halogens is 1. The van der Waals surface area contributed by atoms with Crippen LogP contribution in [0.4, 0.5) is 0 Å². The van der Waals surface area contributed by atoms with E-state index in [-0.39, 0.29) is 5.82 Å². The molecule has 0 aliphatic heterocycles. The molecule has 2 rings (SSSR count). The Labute approximate surface area is 113 Å². The summed E-state index contributed by atoms with van der Waals surface area (Å²) in [5.41, 5.74) is 0.501. The van der Waals surface area contributed by atoms with E-state index in [2.05, 4.69) is 15.5 Å². The number of benzene rings is 1. The van der Waals surface area contributed by atoms with E-state index >= 15 is 0 Å². The highest BCUT2D eigenvalue weighted by molar-refractivity contribution is 6.33. The van der Waals surface area contributed by atoms with Gasteiger partial charge in [-0.2, -0.15) is 0 Å². The Kier molecular flexibility index (Phi) is 3.77. The molecule has 2 atom stereocenters. The van der Waals surface area contributed by atoms with Gasteiger partial charge in [-0.3, -0.25) is 0 Å². The molecule has 2 N–H and O–H groups in total. The zero-order chi connectivity index (χ0) is 14.0. The minimum absolute atomic E-state index is 0.193.